The highest BCUT2D eigenvalue weighted by Gasteiger charge is 2.50. The first-order chi connectivity index (χ1) is 10.00. The highest BCUT2D eigenvalue weighted by molar-refractivity contribution is 9.10. The third kappa shape index (κ3) is 3.27. The molecular weight excluding hydrogens is 360 g/mol. The number of ether oxygens (including phenoxy) is 2. The summed E-state index contributed by atoms with van der Waals surface area (Å²) in [6.07, 6.45) is -0.110. The quantitative estimate of drug-likeness (QED) is 0.656. The molecular formula is C17H27BrO3Si. The van der Waals surface area contributed by atoms with E-state index in [1.54, 1.807) is 7.11 Å². The van der Waals surface area contributed by atoms with E-state index >= 15 is 0 Å². The van der Waals surface area contributed by atoms with Crippen LogP contribution in [0.15, 0.2) is 22.7 Å². The predicted octanol–water partition coefficient (Wildman–Crippen LogP) is 5.31. The molecule has 2 rings (SSSR count). The van der Waals surface area contributed by atoms with Crippen LogP contribution >= 0.6 is 15.9 Å². The van der Waals surface area contributed by atoms with Crippen LogP contribution in [0.5, 0.6) is 5.75 Å². The van der Waals surface area contributed by atoms with Gasteiger partial charge in [0, 0.05) is 17.1 Å². The monoisotopic (exact) mass is 386 g/mol. The number of benzene rings is 1. The molecule has 0 fully saturated rings. The minimum absolute atomic E-state index is 0.110. The molecule has 0 saturated heterocycles. The summed E-state index contributed by atoms with van der Waals surface area (Å²) in [6.45, 7) is 13.9. The minimum Gasteiger partial charge on any atom is -0.482 e. The second-order valence-electron chi connectivity index (χ2n) is 7.79. The average Bonchev–Trinajstić information content (AvgIpc) is 2.61. The van der Waals surface area contributed by atoms with E-state index in [2.05, 4.69) is 62.8 Å². The molecule has 1 aromatic carbocycles. The Hall–Kier alpha value is -0.363. The topological polar surface area (TPSA) is 27.7 Å². The molecule has 5 heteroatoms. The molecule has 1 aliphatic heterocycles. The van der Waals surface area contributed by atoms with Crippen molar-refractivity contribution in [2.45, 2.75) is 57.5 Å². The fourth-order valence-corrected chi connectivity index (χ4v) is 4.20. The second kappa shape index (κ2) is 5.93. The minimum atomic E-state index is -1.92. The van der Waals surface area contributed by atoms with Crippen LogP contribution in [0.25, 0.3) is 0 Å². The van der Waals surface area contributed by atoms with Crippen molar-refractivity contribution in [3.8, 4) is 5.75 Å². The van der Waals surface area contributed by atoms with E-state index in [-0.39, 0.29) is 11.1 Å². The van der Waals surface area contributed by atoms with Crippen LogP contribution in [0.3, 0.4) is 0 Å². The number of hydrogen-bond acceptors (Lipinski definition) is 3. The normalized spacial score (nSPS) is 25.0. The van der Waals surface area contributed by atoms with Gasteiger partial charge in [0.1, 0.15) is 11.9 Å². The van der Waals surface area contributed by atoms with Crippen LogP contribution in [0, 0.1) is 0 Å². The fraction of sp³-hybridized carbons (Fsp3) is 0.647. The zero-order chi connectivity index (χ0) is 16.8. The molecule has 0 N–H and O–H groups in total. The van der Waals surface area contributed by atoms with Gasteiger partial charge < -0.3 is 13.9 Å². The van der Waals surface area contributed by atoms with Gasteiger partial charge in [-0.2, -0.15) is 0 Å². The van der Waals surface area contributed by atoms with Gasteiger partial charge in [-0.25, -0.2) is 0 Å². The summed E-state index contributed by atoms with van der Waals surface area (Å²) in [7, 11) is -0.219. The third-order valence-electron chi connectivity index (χ3n) is 4.80. The first kappa shape index (κ1) is 18.0. The SMILES string of the molecule is COCC1(C)Oc2ccc(Br)cc2C1O[Si](C)(C)C(C)(C)C. The van der Waals surface area contributed by atoms with Gasteiger partial charge in [0.25, 0.3) is 0 Å². The molecule has 124 valence electrons. The van der Waals surface area contributed by atoms with Gasteiger partial charge in [0.05, 0.1) is 6.61 Å². The lowest BCUT2D eigenvalue weighted by Crippen LogP contribution is -2.48. The van der Waals surface area contributed by atoms with Gasteiger partial charge in [0.15, 0.2) is 13.9 Å². The van der Waals surface area contributed by atoms with E-state index in [1.165, 1.54) is 0 Å². The lowest BCUT2D eigenvalue weighted by molar-refractivity contribution is -0.0562. The number of halogens is 1. The predicted molar refractivity (Wildman–Crippen MR) is 96.1 cm³/mol. The Morgan fingerprint density at radius 2 is 1.95 bits per heavy atom. The number of hydrogen-bond donors (Lipinski definition) is 0. The molecule has 2 unspecified atom stereocenters. The zero-order valence-electron chi connectivity index (χ0n) is 14.6. The first-order valence-corrected chi connectivity index (χ1v) is 11.4. The molecule has 1 heterocycles. The molecule has 22 heavy (non-hydrogen) atoms. The van der Waals surface area contributed by atoms with E-state index in [0.717, 1.165) is 15.8 Å². The van der Waals surface area contributed by atoms with Crippen molar-refractivity contribution in [3.63, 3.8) is 0 Å². The first-order valence-electron chi connectivity index (χ1n) is 7.65. The summed E-state index contributed by atoms with van der Waals surface area (Å²) >= 11 is 3.56. The summed E-state index contributed by atoms with van der Waals surface area (Å²) < 4.78 is 19.4. The number of methoxy groups -OCH3 is 1. The molecule has 0 aliphatic carbocycles. The molecule has 0 aromatic heterocycles. The summed E-state index contributed by atoms with van der Waals surface area (Å²) in [4.78, 5) is 0. The Balaban J connectivity index is 2.43. The smallest absolute Gasteiger partial charge is 0.193 e. The maximum absolute atomic E-state index is 6.73. The van der Waals surface area contributed by atoms with Gasteiger partial charge >= 0.3 is 0 Å². The van der Waals surface area contributed by atoms with Crippen molar-refractivity contribution in [2.24, 2.45) is 0 Å². The van der Waals surface area contributed by atoms with Crippen molar-refractivity contribution >= 4 is 24.2 Å². The van der Waals surface area contributed by atoms with Gasteiger partial charge in [-0.05, 0) is 43.3 Å². The molecule has 3 nitrogen and oxygen atoms in total. The Morgan fingerprint density at radius 3 is 2.50 bits per heavy atom. The van der Waals surface area contributed by atoms with Crippen LogP contribution in [0.2, 0.25) is 18.1 Å². The molecule has 1 aromatic rings. The summed E-state index contributed by atoms with van der Waals surface area (Å²) in [5.74, 6) is 0.895. The highest BCUT2D eigenvalue weighted by atomic mass is 79.9. The standard InChI is InChI=1S/C17H27BrO3Si/c1-16(2,3)22(6,7)21-15-13-10-12(18)8-9-14(13)20-17(15,4)11-19-5/h8-10,15H,11H2,1-7H3. The molecule has 0 amide bonds. The summed E-state index contributed by atoms with van der Waals surface area (Å²) in [5, 5.41) is 0.149. The van der Waals surface area contributed by atoms with E-state index in [0.29, 0.717) is 6.61 Å². The largest absolute Gasteiger partial charge is 0.482 e. The van der Waals surface area contributed by atoms with E-state index in [9.17, 15) is 0 Å². The second-order valence-corrected chi connectivity index (χ2v) is 13.5. The maximum atomic E-state index is 6.73. The molecule has 0 spiro atoms. The van der Waals surface area contributed by atoms with Crippen LogP contribution < -0.4 is 4.74 Å². The molecule has 1 aliphatic rings. The average molecular weight is 387 g/mol. The van der Waals surface area contributed by atoms with Crippen molar-refractivity contribution in [2.75, 3.05) is 13.7 Å². The van der Waals surface area contributed by atoms with Gasteiger partial charge in [-0.3, -0.25) is 0 Å². The third-order valence-corrected chi connectivity index (χ3v) is 9.73. The molecule has 0 radical (unpaired) electrons. The Morgan fingerprint density at radius 1 is 1.32 bits per heavy atom. The highest BCUT2D eigenvalue weighted by Crippen LogP contribution is 2.50. The van der Waals surface area contributed by atoms with Gasteiger partial charge in [0.2, 0.25) is 0 Å². The fourth-order valence-electron chi connectivity index (χ4n) is 2.50. The Kier molecular flexibility index (Phi) is 4.85. The van der Waals surface area contributed by atoms with E-state index in [1.807, 2.05) is 12.1 Å². The van der Waals surface area contributed by atoms with Crippen LogP contribution in [-0.2, 0) is 9.16 Å². The van der Waals surface area contributed by atoms with Crippen LogP contribution in [-0.4, -0.2) is 27.6 Å². The molecule has 0 saturated carbocycles. The van der Waals surface area contributed by atoms with Crippen molar-refractivity contribution in [3.05, 3.63) is 28.2 Å². The Labute approximate surface area is 143 Å². The van der Waals surface area contributed by atoms with Crippen LogP contribution in [0.4, 0.5) is 0 Å². The Bertz CT molecular complexity index is 553. The lowest BCUT2D eigenvalue weighted by atomic mass is 9.96. The summed E-state index contributed by atoms with van der Waals surface area (Å²) in [5.41, 5.74) is 0.617. The summed E-state index contributed by atoms with van der Waals surface area (Å²) in [6, 6.07) is 6.11. The zero-order valence-corrected chi connectivity index (χ0v) is 17.2. The molecule has 2 atom stereocenters. The van der Waals surface area contributed by atoms with Crippen molar-refractivity contribution < 1.29 is 13.9 Å². The van der Waals surface area contributed by atoms with Crippen molar-refractivity contribution in [1.29, 1.82) is 0 Å². The number of rotatable bonds is 4. The molecule has 0 bridgehead atoms. The maximum Gasteiger partial charge on any atom is 0.193 e. The van der Waals surface area contributed by atoms with E-state index < -0.39 is 13.9 Å². The van der Waals surface area contributed by atoms with Gasteiger partial charge in [-0.15, -0.1) is 0 Å². The van der Waals surface area contributed by atoms with Crippen molar-refractivity contribution in [1.82, 2.24) is 0 Å². The lowest BCUT2D eigenvalue weighted by Gasteiger charge is -2.41. The van der Waals surface area contributed by atoms with Crippen LogP contribution in [0.1, 0.15) is 39.4 Å². The number of fused-ring (bicyclic) bond motifs is 1. The van der Waals surface area contributed by atoms with Gasteiger partial charge in [-0.1, -0.05) is 36.7 Å². The van der Waals surface area contributed by atoms with E-state index in [4.69, 9.17) is 13.9 Å².